The van der Waals surface area contributed by atoms with E-state index < -0.39 is 17.7 Å². The van der Waals surface area contributed by atoms with Crippen molar-refractivity contribution in [3.8, 4) is 0 Å². The second-order valence-corrected chi connectivity index (χ2v) is 7.82. The molecule has 1 aromatic heterocycles. The smallest absolute Gasteiger partial charge is 0.177 e. The molecule has 0 amide bonds. The molecule has 3 heterocycles. The minimum atomic E-state index is -1.16. The minimum Gasteiger partial charge on any atom is -0.379 e. The summed E-state index contributed by atoms with van der Waals surface area (Å²) in [4.78, 5) is 23.0. The third-order valence-corrected chi connectivity index (χ3v) is 5.94. The summed E-state index contributed by atoms with van der Waals surface area (Å²) in [7, 11) is 0. The highest BCUT2D eigenvalue weighted by Crippen LogP contribution is 2.36. The van der Waals surface area contributed by atoms with Gasteiger partial charge in [-0.05, 0) is 6.07 Å². The summed E-state index contributed by atoms with van der Waals surface area (Å²) >= 11 is 7.46. The number of aliphatic imine (C=N–C) groups is 1. The van der Waals surface area contributed by atoms with Crippen molar-refractivity contribution in [1.29, 1.82) is 0 Å². The quantitative estimate of drug-likeness (QED) is 0.574. The summed E-state index contributed by atoms with van der Waals surface area (Å²) in [5.41, 5.74) is 1.18. The van der Waals surface area contributed by atoms with Gasteiger partial charge < -0.3 is 10.1 Å². The van der Waals surface area contributed by atoms with Crippen LogP contribution in [-0.2, 0) is 9.53 Å². The molecule has 10 heteroatoms. The van der Waals surface area contributed by atoms with Crippen LogP contribution in [0.4, 0.5) is 8.78 Å². The topological polar surface area (TPSA) is 66.8 Å². The molecule has 0 spiro atoms. The van der Waals surface area contributed by atoms with Crippen molar-refractivity contribution in [3.63, 3.8) is 0 Å². The Hall–Kier alpha value is -2.20. The van der Waals surface area contributed by atoms with Gasteiger partial charge in [0.1, 0.15) is 12.3 Å². The number of halogens is 3. The van der Waals surface area contributed by atoms with E-state index in [-0.39, 0.29) is 10.6 Å². The maximum absolute atomic E-state index is 14.1. The van der Waals surface area contributed by atoms with Crippen LogP contribution in [0.2, 0.25) is 5.02 Å². The second-order valence-electron chi connectivity index (χ2n) is 6.55. The van der Waals surface area contributed by atoms with Crippen molar-refractivity contribution in [1.82, 2.24) is 15.2 Å². The van der Waals surface area contributed by atoms with Gasteiger partial charge in [0, 0.05) is 48.0 Å². The van der Waals surface area contributed by atoms with Gasteiger partial charge in [0.25, 0.3) is 0 Å². The molecule has 4 rings (SSSR count). The van der Waals surface area contributed by atoms with E-state index >= 15 is 0 Å². The number of aldehydes is 1. The van der Waals surface area contributed by atoms with Crippen LogP contribution >= 0.6 is 22.9 Å². The Bertz CT molecular complexity index is 975. The van der Waals surface area contributed by atoms with Gasteiger partial charge in [-0.2, -0.15) is 0 Å². The van der Waals surface area contributed by atoms with Gasteiger partial charge in [-0.25, -0.2) is 13.8 Å². The zero-order valence-corrected chi connectivity index (χ0v) is 16.8. The van der Waals surface area contributed by atoms with Crippen LogP contribution in [0.5, 0.6) is 0 Å². The Morgan fingerprint density at radius 1 is 1.34 bits per heavy atom. The van der Waals surface area contributed by atoms with Crippen molar-refractivity contribution in [2.75, 3.05) is 32.8 Å². The third-order valence-electron chi connectivity index (χ3n) is 4.78. The van der Waals surface area contributed by atoms with E-state index in [4.69, 9.17) is 16.3 Å². The van der Waals surface area contributed by atoms with Gasteiger partial charge >= 0.3 is 0 Å². The Labute approximate surface area is 174 Å². The first-order chi connectivity index (χ1) is 14.1. The molecule has 0 saturated carbocycles. The molecular weight excluding hydrogens is 422 g/mol. The molecule has 1 atom stereocenters. The van der Waals surface area contributed by atoms with E-state index in [1.54, 1.807) is 11.6 Å². The highest BCUT2D eigenvalue weighted by atomic mass is 35.5. The summed E-state index contributed by atoms with van der Waals surface area (Å²) in [6, 6.07) is 1.47. The van der Waals surface area contributed by atoms with Crippen molar-refractivity contribution in [2.45, 2.75) is 6.04 Å². The van der Waals surface area contributed by atoms with E-state index in [2.05, 4.69) is 20.2 Å². The van der Waals surface area contributed by atoms with Crippen LogP contribution in [0.25, 0.3) is 0 Å². The van der Waals surface area contributed by atoms with Crippen molar-refractivity contribution >= 4 is 35.1 Å². The molecule has 29 heavy (non-hydrogen) atoms. The zero-order valence-electron chi connectivity index (χ0n) is 15.2. The van der Waals surface area contributed by atoms with Crippen LogP contribution in [0.3, 0.4) is 0 Å². The number of benzene rings is 1. The summed E-state index contributed by atoms with van der Waals surface area (Å²) in [5.74, 6) is -1.75. The first-order valence-electron chi connectivity index (χ1n) is 8.95. The number of nitrogens with one attached hydrogen (secondary N) is 1. The highest BCUT2D eigenvalue weighted by Gasteiger charge is 2.31. The maximum Gasteiger partial charge on any atom is 0.177 e. The number of nitrogens with zero attached hydrogens (tertiary/aromatic N) is 3. The molecule has 0 unspecified atom stereocenters. The number of hydrogen-bond acceptors (Lipinski definition) is 7. The SMILES string of the molecule is O=CC1=C(CN2CCOCC2)NC(c2nccs2)=N[C@H]1c1ccc(F)c(F)c1Cl. The van der Waals surface area contributed by atoms with E-state index in [9.17, 15) is 13.6 Å². The standard InChI is InChI=1S/C19H17ClF2N4O2S/c20-15-11(1-2-13(21)16(15)22)17-12(10-27)14(9-26-4-6-28-7-5-26)24-18(25-17)19-23-3-8-29-19/h1-3,8,10,17H,4-7,9H2,(H,24,25)/t17-/m0/s1. The third kappa shape index (κ3) is 4.09. The van der Waals surface area contributed by atoms with Gasteiger partial charge in [-0.1, -0.05) is 17.7 Å². The highest BCUT2D eigenvalue weighted by molar-refractivity contribution is 7.11. The van der Waals surface area contributed by atoms with Crippen molar-refractivity contribution in [2.24, 2.45) is 4.99 Å². The first kappa shape index (κ1) is 20.1. The van der Waals surface area contributed by atoms with Gasteiger partial charge in [-0.3, -0.25) is 14.7 Å². The molecular formula is C19H17ClF2N4O2S. The Kier molecular flexibility index (Phi) is 6.00. The lowest BCUT2D eigenvalue weighted by molar-refractivity contribution is -0.105. The van der Waals surface area contributed by atoms with Crippen LogP contribution < -0.4 is 5.32 Å². The fourth-order valence-electron chi connectivity index (χ4n) is 3.30. The molecule has 2 aromatic rings. The van der Waals surface area contributed by atoms with Crippen molar-refractivity contribution in [3.05, 3.63) is 62.2 Å². The lowest BCUT2D eigenvalue weighted by atomic mass is 9.96. The van der Waals surface area contributed by atoms with Gasteiger partial charge in [-0.15, -0.1) is 11.3 Å². The second kappa shape index (κ2) is 8.66. The molecule has 1 aromatic carbocycles. The summed E-state index contributed by atoms with van der Waals surface area (Å²) in [6.45, 7) is 3.11. The number of morpholine rings is 1. The number of rotatable bonds is 5. The number of aromatic nitrogens is 1. The molecule has 1 fully saturated rings. The molecule has 2 aliphatic heterocycles. The van der Waals surface area contributed by atoms with E-state index in [0.29, 0.717) is 48.2 Å². The van der Waals surface area contributed by atoms with Gasteiger partial charge in [0.2, 0.25) is 0 Å². The number of amidine groups is 1. The fourth-order valence-corrected chi connectivity index (χ4v) is 4.14. The monoisotopic (exact) mass is 438 g/mol. The molecule has 0 radical (unpaired) electrons. The molecule has 1 saturated heterocycles. The number of hydrogen-bond donors (Lipinski definition) is 1. The van der Waals surface area contributed by atoms with Crippen LogP contribution in [0.1, 0.15) is 16.6 Å². The molecule has 2 aliphatic rings. The maximum atomic E-state index is 14.1. The summed E-state index contributed by atoms with van der Waals surface area (Å²) in [6.07, 6.45) is 2.33. The van der Waals surface area contributed by atoms with Crippen LogP contribution in [0.15, 0.2) is 40.0 Å². The summed E-state index contributed by atoms with van der Waals surface area (Å²) in [5, 5.41) is 5.25. The van der Waals surface area contributed by atoms with Crippen LogP contribution in [0, 0.1) is 11.6 Å². The Balaban J connectivity index is 1.78. The normalized spacial score (nSPS) is 20.4. The molecule has 0 aliphatic carbocycles. The largest absolute Gasteiger partial charge is 0.379 e. The predicted octanol–water partition coefficient (Wildman–Crippen LogP) is 2.95. The average molecular weight is 439 g/mol. The van der Waals surface area contributed by atoms with Crippen LogP contribution in [-0.4, -0.2) is 54.9 Å². The summed E-state index contributed by atoms with van der Waals surface area (Å²) < 4.78 is 33.1. The lowest BCUT2D eigenvalue weighted by Crippen LogP contribution is -2.42. The Morgan fingerprint density at radius 2 is 2.14 bits per heavy atom. The van der Waals surface area contributed by atoms with Gasteiger partial charge in [0.15, 0.2) is 22.5 Å². The van der Waals surface area contributed by atoms with Gasteiger partial charge in [0.05, 0.1) is 18.2 Å². The minimum absolute atomic E-state index is 0.225. The zero-order chi connectivity index (χ0) is 20.4. The molecule has 152 valence electrons. The first-order valence-corrected chi connectivity index (χ1v) is 10.2. The Morgan fingerprint density at radius 3 is 2.83 bits per heavy atom. The molecule has 1 N–H and O–H groups in total. The van der Waals surface area contributed by atoms with E-state index in [1.807, 2.05) is 0 Å². The number of thiazole rings is 1. The number of carbonyl (C=O) groups excluding carboxylic acids is 1. The number of ether oxygens (including phenoxy) is 1. The number of carbonyl (C=O) groups is 1. The molecule has 6 nitrogen and oxygen atoms in total. The molecule has 0 bridgehead atoms. The lowest BCUT2D eigenvalue weighted by Gasteiger charge is -2.31. The van der Waals surface area contributed by atoms with Crippen molar-refractivity contribution < 1.29 is 18.3 Å². The van der Waals surface area contributed by atoms with E-state index in [1.165, 1.54) is 17.4 Å². The van der Waals surface area contributed by atoms with E-state index in [0.717, 1.165) is 19.2 Å². The average Bonchev–Trinajstić information content (AvgIpc) is 3.27. The fraction of sp³-hybridized carbons (Fsp3) is 0.316. The predicted molar refractivity (Wildman–Crippen MR) is 106 cm³/mol.